The van der Waals surface area contributed by atoms with E-state index in [0.29, 0.717) is 5.92 Å². The van der Waals surface area contributed by atoms with Crippen LogP contribution in [0.15, 0.2) is 42.0 Å². The Kier molecular flexibility index (Phi) is 6.33. The van der Waals surface area contributed by atoms with Crippen molar-refractivity contribution in [3.8, 4) is 0 Å². The maximum Gasteiger partial charge on any atom is 0.328 e. The second-order valence-corrected chi connectivity index (χ2v) is 10.6. The van der Waals surface area contributed by atoms with Crippen LogP contribution in [0.5, 0.6) is 0 Å². The molecule has 0 bridgehead atoms. The van der Waals surface area contributed by atoms with Crippen molar-refractivity contribution in [2.45, 2.75) is 90.9 Å². The van der Waals surface area contributed by atoms with Crippen LogP contribution in [0.25, 0.3) is 0 Å². The van der Waals surface area contributed by atoms with Crippen molar-refractivity contribution in [2.75, 3.05) is 0 Å². The highest BCUT2D eigenvalue weighted by Gasteiger charge is 2.53. The predicted octanol–water partition coefficient (Wildman–Crippen LogP) is 6.93. The zero-order chi connectivity index (χ0) is 21.3. The molecule has 2 unspecified atom stereocenters. The van der Waals surface area contributed by atoms with Crippen molar-refractivity contribution in [1.29, 1.82) is 0 Å². The third kappa shape index (κ3) is 5.16. The van der Waals surface area contributed by atoms with E-state index in [2.05, 4.69) is 72.7 Å². The van der Waals surface area contributed by atoms with Gasteiger partial charge in [-0.25, -0.2) is 4.79 Å². The summed E-state index contributed by atoms with van der Waals surface area (Å²) in [6.45, 7) is 17.8. The standard InChI is InChI=1S/C26H38O2/c1-9-12-26(17-19(26)11-10-18(2)13-23(27)28)22-15-20(24(3,4)5)14-21(16-22)25(6,7)8/h10-11,13-16,19H,9,12,17H2,1-8H3,(H,27,28). The van der Waals surface area contributed by atoms with Gasteiger partial charge in [-0.1, -0.05) is 85.2 Å². The van der Waals surface area contributed by atoms with Crippen LogP contribution in [0.4, 0.5) is 0 Å². The quantitative estimate of drug-likeness (QED) is 0.428. The van der Waals surface area contributed by atoms with E-state index in [1.165, 1.54) is 29.2 Å². The molecule has 1 saturated carbocycles. The molecule has 154 valence electrons. The Bertz CT molecular complexity index is 751. The number of carboxylic acid groups (broad SMARTS) is 1. The molecule has 2 heteroatoms. The third-order valence-electron chi connectivity index (χ3n) is 6.01. The largest absolute Gasteiger partial charge is 0.478 e. The first-order valence-electron chi connectivity index (χ1n) is 10.6. The van der Waals surface area contributed by atoms with Gasteiger partial charge in [-0.15, -0.1) is 0 Å². The molecular formula is C26H38O2. The molecule has 0 radical (unpaired) electrons. The second kappa shape index (κ2) is 7.89. The number of rotatable bonds is 6. The highest BCUT2D eigenvalue weighted by Crippen LogP contribution is 2.59. The van der Waals surface area contributed by atoms with Crippen LogP contribution < -0.4 is 0 Å². The second-order valence-electron chi connectivity index (χ2n) is 10.6. The first-order chi connectivity index (χ1) is 12.8. The Morgan fingerprint density at radius 2 is 1.64 bits per heavy atom. The number of hydrogen-bond acceptors (Lipinski definition) is 1. The van der Waals surface area contributed by atoms with Gasteiger partial charge in [0.2, 0.25) is 0 Å². The zero-order valence-corrected chi connectivity index (χ0v) is 19.0. The van der Waals surface area contributed by atoms with Gasteiger partial charge >= 0.3 is 5.97 Å². The molecule has 1 N–H and O–H groups in total. The molecular weight excluding hydrogens is 344 g/mol. The number of allylic oxidation sites excluding steroid dienone is 3. The summed E-state index contributed by atoms with van der Waals surface area (Å²) < 4.78 is 0. The monoisotopic (exact) mass is 382 g/mol. The molecule has 2 atom stereocenters. The topological polar surface area (TPSA) is 37.3 Å². The highest BCUT2D eigenvalue weighted by molar-refractivity contribution is 5.81. The van der Waals surface area contributed by atoms with Crippen LogP contribution in [0.1, 0.15) is 91.3 Å². The van der Waals surface area contributed by atoms with Gasteiger partial charge in [0.05, 0.1) is 0 Å². The van der Waals surface area contributed by atoms with Crippen molar-refractivity contribution >= 4 is 5.97 Å². The van der Waals surface area contributed by atoms with Crippen molar-refractivity contribution in [1.82, 2.24) is 0 Å². The molecule has 1 aliphatic rings. The van der Waals surface area contributed by atoms with Gasteiger partial charge in [0, 0.05) is 11.5 Å². The van der Waals surface area contributed by atoms with Crippen molar-refractivity contribution in [2.24, 2.45) is 5.92 Å². The van der Waals surface area contributed by atoms with Crippen LogP contribution in [0.3, 0.4) is 0 Å². The SMILES string of the molecule is CCCC1(c2cc(C(C)(C)C)cc(C(C)(C)C)c2)CC1C=CC(C)=CC(=O)O. The van der Waals surface area contributed by atoms with Crippen molar-refractivity contribution < 1.29 is 9.90 Å². The maximum absolute atomic E-state index is 10.9. The number of aliphatic carboxylic acids is 1. The lowest BCUT2D eigenvalue weighted by atomic mass is 9.76. The van der Waals surface area contributed by atoms with Crippen molar-refractivity contribution in [3.63, 3.8) is 0 Å². The molecule has 1 aliphatic carbocycles. The van der Waals surface area contributed by atoms with Gasteiger partial charge in [-0.2, -0.15) is 0 Å². The van der Waals surface area contributed by atoms with E-state index in [4.69, 9.17) is 5.11 Å². The Morgan fingerprint density at radius 1 is 1.11 bits per heavy atom. The lowest BCUT2D eigenvalue weighted by Crippen LogP contribution is -2.20. The smallest absolute Gasteiger partial charge is 0.328 e. The van der Waals surface area contributed by atoms with E-state index in [0.717, 1.165) is 18.4 Å². The highest BCUT2D eigenvalue weighted by atomic mass is 16.4. The first-order valence-corrected chi connectivity index (χ1v) is 10.6. The Balaban J connectivity index is 2.47. The summed E-state index contributed by atoms with van der Waals surface area (Å²) in [6.07, 6.45) is 8.95. The molecule has 0 amide bonds. The summed E-state index contributed by atoms with van der Waals surface area (Å²) in [5.74, 6) is -0.405. The Labute approximate surface area is 171 Å². The van der Waals surface area contributed by atoms with Gasteiger partial charge in [0.25, 0.3) is 0 Å². The van der Waals surface area contributed by atoms with E-state index >= 15 is 0 Å². The average Bonchev–Trinajstić information content (AvgIpc) is 3.25. The normalized spacial score (nSPS) is 23.3. The summed E-state index contributed by atoms with van der Waals surface area (Å²) in [5.41, 5.74) is 5.49. The first kappa shape index (κ1) is 22.5. The van der Waals surface area contributed by atoms with Crippen molar-refractivity contribution in [3.05, 3.63) is 58.7 Å². The molecule has 28 heavy (non-hydrogen) atoms. The van der Waals surface area contributed by atoms with Gasteiger partial charge in [-0.3, -0.25) is 0 Å². The zero-order valence-electron chi connectivity index (χ0n) is 19.0. The molecule has 0 heterocycles. The molecule has 0 aromatic heterocycles. The lowest BCUT2D eigenvalue weighted by Gasteiger charge is -2.28. The van der Waals surface area contributed by atoms with Crippen LogP contribution in [-0.4, -0.2) is 11.1 Å². The van der Waals surface area contributed by atoms with Crippen LogP contribution in [-0.2, 0) is 21.0 Å². The molecule has 1 aromatic carbocycles. The third-order valence-corrected chi connectivity index (χ3v) is 6.01. The predicted molar refractivity (Wildman–Crippen MR) is 119 cm³/mol. The molecule has 2 nitrogen and oxygen atoms in total. The Hall–Kier alpha value is -1.83. The summed E-state index contributed by atoms with van der Waals surface area (Å²) >= 11 is 0. The van der Waals surface area contributed by atoms with Crippen LogP contribution in [0, 0.1) is 5.92 Å². The molecule has 1 aromatic rings. The minimum Gasteiger partial charge on any atom is -0.478 e. The van der Waals surface area contributed by atoms with Gasteiger partial charge in [-0.05, 0) is 58.8 Å². The molecule has 0 saturated heterocycles. The van der Waals surface area contributed by atoms with Gasteiger partial charge < -0.3 is 5.11 Å². The molecule has 2 rings (SSSR count). The lowest BCUT2D eigenvalue weighted by molar-refractivity contribution is -0.131. The number of benzene rings is 1. The fourth-order valence-corrected chi connectivity index (χ4v) is 4.09. The van der Waals surface area contributed by atoms with Crippen LogP contribution in [0.2, 0.25) is 0 Å². The average molecular weight is 383 g/mol. The number of carboxylic acids is 1. The van der Waals surface area contributed by atoms with E-state index in [1.54, 1.807) is 0 Å². The fraction of sp³-hybridized carbons (Fsp3) is 0.577. The van der Waals surface area contributed by atoms with E-state index in [-0.39, 0.29) is 16.2 Å². The molecule has 0 spiro atoms. The number of hydrogen-bond donors (Lipinski definition) is 1. The van der Waals surface area contributed by atoms with Gasteiger partial charge in [0.15, 0.2) is 0 Å². The van der Waals surface area contributed by atoms with E-state index in [1.807, 2.05) is 13.0 Å². The van der Waals surface area contributed by atoms with E-state index in [9.17, 15) is 4.79 Å². The molecule has 1 fully saturated rings. The molecule has 0 aliphatic heterocycles. The van der Waals surface area contributed by atoms with Crippen LogP contribution >= 0.6 is 0 Å². The number of carbonyl (C=O) groups is 1. The van der Waals surface area contributed by atoms with E-state index < -0.39 is 5.97 Å². The maximum atomic E-state index is 10.9. The summed E-state index contributed by atoms with van der Waals surface area (Å²) in [7, 11) is 0. The minimum absolute atomic E-state index is 0.116. The summed E-state index contributed by atoms with van der Waals surface area (Å²) in [5, 5.41) is 8.93. The minimum atomic E-state index is -0.884. The fourth-order valence-electron chi connectivity index (χ4n) is 4.09. The summed E-state index contributed by atoms with van der Waals surface area (Å²) in [4.78, 5) is 10.9. The van der Waals surface area contributed by atoms with Gasteiger partial charge in [0.1, 0.15) is 0 Å². The summed E-state index contributed by atoms with van der Waals surface area (Å²) in [6, 6.07) is 7.24. The Morgan fingerprint density at radius 3 is 2.07 bits per heavy atom.